The number of ketones is 1. The Balaban J connectivity index is 2.58. The van der Waals surface area contributed by atoms with Crippen LogP contribution in [0.3, 0.4) is 0 Å². The normalized spacial score (nSPS) is 37.5. The highest BCUT2D eigenvalue weighted by Crippen LogP contribution is 2.45. The molecule has 1 saturated heterocycles. The number of carbonyl (C=O) groups is 3. The molecule has 1 heterocycles. The second-order valence-corrected chi connectivity index (χ2v) is 7.45. The van der Waals surface area contributed by atoms with Crippen molar-refractivity contribution in [2.75, 3.05) is 0 Å². The van der Waals surface area contributed by atoms with Crippen molar-refractivity contribution in [3.05, 3.63) is 24.3 Å². The van der Waals surface area contributed by atoms with Gasteiger partial charge in [-0.3, -0.25) is 9.59 Å². The molecule has 2 aliphatic rings. The van der Waals surface area contributed by atoms with Crippen molar-refractivity contribution < 1.29 is 34.1 Å². The van der Waals surface area contributed by atoms with Crippen LogP contribution in [0.5, 0.6) is 0 Å². The molecule has 0 amide bonds. The molecule has 150 valence electrons. The summed E-state index contributed by atoms with van der Waals surface area (Å²) in [6.45, 7) is 10.3. The Morgan fingerprint density at radius 3 is 2.67 bits per heavy atom. The fourth-order valence-electron chi connectivity index (χ4n) is 3.66. The Labute approximate surface area is 159 Å². The molecular formula is C20H28O7. The van der Waals surface area contributed by atoms with Crippen LogP contribution in [0.1, 0.15) is 40.5 Å². The molecular weight excluding hydrogens is 352 g/mol. The molecule has 0 aromatic carbocycles. The summed E-state index contributed by atoms with van der Waals surface area (Å²) in [6, 6.07) is 0. The van der Waals surface area contributed by atoms with Crippen LogP contribution in [-0.4, -0.2) is 51.8 Å². The molecule has 1 aliphatic carbocycles. The predicted octanol–water partition coefficient (Wildman–Crippen LogP) is 1.32. The summed E-state index contributed by atoms with van der Waals surface area (Å²) in [5.74, 6) is -4.08. The van der Waals surface area contributed by atoms with E-state index in [0.717, 1.165) is 0 Å². The average Bonchev–Trinajstić information content (AvgIpc) is 2.87. The maximum absolute atomic E-state index is 12.8. The minimum atomic E-state index is -2.24. The molecule has 2 rings (SSSR count). The number of carbonyl (C=O) groups excluding carboxylic acids is 3. The van der Waals surface area contributed by atoms with E-state index >= 15 is 0 Å². The summed E-state index contributed by atoms with van der Waals surface area (Å²) in [4.78, 5) is 37.3. The second-order valence-electron chi connectivity index (χ2n) is 7.45. The molecule has 2 N–H and O–H groups in total. The Kier molecular flexibility index (Phi) is 6.27. The molecule has 1 aliphatic heterocycles. The third kappa shape index (κ3) is 3.58. The Bertz CT molecular complexity index is 667. The highest BCUT2D eigenvalue weighted by Gasteiger charge is 2.62. The molecule has 0 aromatic heterocycles. The highest BCUT2D eigenvalue weighted by atomic mass is 16.6. The van der Waals surface area contributed by atoms with Gasteiger partial charge in [-0.2, -0.15) is 0 Å². The fraction of sp³-hybridized carbons (Fsp3) is 0.650. The van der Waals surface area contributed by atoms with Crippen LogP contribution in [0.15, 0.2) is 24.3 Å². The van der Waals surface area contributed by atoms with Crippen LogP contribution in [-0.2, 0) is 23.9 Å². The summed E-state index contributed by atoms with van der Waals surface area (Å²) in [6.07, 6.45) is -0.450. The summed E-state index contributed by atoms with van der Waals surface area (Å²) in [7, 11) is 0. The molecule has 27 heavy (non-hydrogen) atoms. The standard InChI is InChI=1S/C20H28O7/c1-6-8-15(22)20(25)12(5)14(21)9-13-11(4)19(24)26-16(13)17(20)27-18(23)10(3)7-2/h6,8,10,12-14,16-17,21,25H,4,7,9H2,1-3,5H3/b8-6+/t10?,12-,13-,14+,16+,17-,20+/m0/s1. The largest absolute Gasteiger partial charge is 0.455 e. The van der Waals surface area contributed by atoms with Gasteiger partial charge in [0.25, 0.3) is 0 Å². The second kappa shape index (κ2) is 7.94. The number of hydrogen-bond acceptors (Lipinski definition) is 7. The number of esters is 2. The third-order valence-corrected chi connectivity index (χ3v) is 5.82. The van der Waals surface area contributed by atoms with Crippen molar-refractivity contribution in [1.82, 2.24) is 0 Å². The van der Waals surface area contributed by atoms with Crippen molar-refractivity contribution in [3.8, 4) is 0 Å². The van der Waals surface area contributed by atoms with Gasteiger partial charge in [-0.05, 0) is 25.8 Å². The number of allylic oxidation sites excluding steroid dienone is 1. The average molecular weight is 380 g/mol. The van der Waals surface area contributed by atoms with Crippen molar-refractivity contribution in [2.45, 2.75) is 64.4 Å². The maximum atomic E-state index is 12.8. The maximum Gasteiger partial charge on any atom is 0.334 e. The minimum Gasteiger partial charge on any atom is -0.455 e. The van der Waals surface area contributed by atoms with E-state index in [1.54, 1.807) is 13.8 Å². The summed E-state index contributed by atoms with van der Waals surface area (Å²) < 4.78 is 10.9. The van der Waals surface area contributed by atoms with Crippen molar-refractivity contribution in [2.24, 2.45) is 17.8 Å². The third-order valence-electron chi connectivity index (χ3n) is 5.82. The van der Waals surface area contributed by atoms with Crippen LogP contribution in [0.4, 0.5) is 0 Å². The minimum absolute atomic E-state index is 0.0687. The van der Waals surface area contributed by atoms with Gasteiger partial charge in [0, 0.05) is 17.4 Å². The van der Waals surface area contributed by atoms with Gasteiger partial charge in [-0.25, -0.2) is 4.79 Å². The van der Waals surface area contributed by atoms with Crippen molar-refractivity contribution in [1.29, 1.82) is 0 Å². The zero-order valence-corrected chi connectivity index (χ0v) is 16.2. The smallest absolute Gasteiger partial charge is 0.334 e. The first kappa shape index (κ1) is 21.3. The zero-order valence-electron chi connectivity index (χ0n) is 16.2. The molecule has 1 saturated carbocycles. The first-order valence-electron chi connectivity index (χ1n) is 9.27. The fourth-order valence-corrected chi connectivity index (χ4v) is 3.66. The van der Waals surface area contributed by atoms with Gasteiger partial charge < -0.3 is 19.7 Å². The van der Waals surface area contributed by atoms with Gasteiger partial charge in [-0.15, -0.1) is 0 Å². The first-order chi connectivity index (χ1) is 12.6. The molecule has 0 aromatic rings. The molecule has 7 nitrogen and oxygen atoms in total. The topological polar surface area (TPSA) is 110 Å². The van der Waals surface area contributed by atoms with E-state index in [-0.39, 0.29) is 12.0 Å². The summed E-state index contributed by atoms with van der Waals surface area (Å²) in [5.41, 5.74) is -2.10. The van der Waals surface area contributed by atoms with Crippen molar-refractivity contribution >= 4 is 17.7 Å². The monoisotopic (exact) mass is 380 g/mol. The lowest BCUT2D eigenvalue weighted by atomic mass is 9.77. The molecule has 1 unspecified atom stereocenters. The predicted molar refractivity (Wildman–Crippen MR) is 96.4 cm³/mol. The Morgan fingerprint density at radius 2 is 2.11 bits per heavy atom. The first-order valence-corrected chi connectivity index (χ1v) is 9.27. The van der Waals surface area contributed by atoms with E-state index in [1.807, 2.05) is 6.92 Å². The van der Waals surface area contributed by atoms with Gasteiger partial charge in [0.15, 0.2) is 17.5 Å². The van der Waals surface area contributed by atoms with Crippen molar-refractivity contribution in [3.63, 3.8) is 0 Å². The van der Waals surface area contributed by atoms with E-state index in [4.69, 9.17) is 9.47 Å². The number of aliphatic hydroxyl groups is 2. The van der Waals surface area contributed by atoms with Gasteiger partial charge >= 0.3 is 11.9 Å². The lowest BCUT2D eigenvalue weighted by Crippen LogP contribution is -2.61. The number of rotatable bonds is 5. The van der Waals surface area contributed by atoms with Gasteiger partial charge in [0.2, 0.25) is 0 Å². The molecule has 7 heteroatoms. The van der Waals surface area contributed by atoms with E-state index in [9.17, 15) is 24.6 Å². The van der Waals surface area contributed by atoms with Crippen LogP contribution in [0, 0.1) is 17.8 Å². The molecule has 0 bridgehead atoms. The molecule has 7 atom stereocenters. The van der Waals surface area contributed by atoms with E-state index in [0.29, 0.717) is 6.42 Å². The van der Waals surface area contributed by atoms with Crippen LogP contribution >= 0.6 is 0 Å². The van der Waals surface area contributed by atoms with Gasteiger partial charge in [0.1, 0.15) is 6.10 Å². The van der Waals surface area contributed by atoms with Gasteiger partial charge in [-0.1, -0.05) is 33.4 Å². The molecule has 0 spiro atoms. The lowest BCUT2D eigenvalue weighted by molar-refractivity contribution is -0.200. The summed E-state index contributed by atoms with van der Waals surface area (Å²) >= 11 is 0. The van der Waals surface area contributed by atoms with Crippen LogP contribution in [0.2, 0.25) is 0 Å². The number of hydrogen-bond donors (Lipinski definition) is 2. The van der Waals surface area contributed by atoms with E-state index in [2.05, 4.69) is 6.58 Å². The zero-order chi connectivity index (χ0) is 20.5. The number of fused-ring (bicyclic) bond motifs is 1. The summed E-state index contributed by atoms with van der Waals surface area (Å²) in [5, 5.41) is 22.0. The van der Waals surface area contributed by atoms with E-state index < -0.39 is 59.4 Å². The van der Waals surface area contributed by atoms with Crippen LogP contribution in [0.25, 0.3) is 0 Å². The molecule has 0 radical (unpaired) electrons. The highest BCUT2D eigenvalue weighted by molar-refractivity contribution is 5.98. The SMILES string of the molecule is C=C1C(=O)O[C@@H]2[C@H]1C[C@@H](O)[C@H](C)[C@@](O)(C(=O)/C=C/C)[C@H]2OC(=O)C(C)CC. The molecule has 2 fully saturated rings. The number of ether oxygens (including phenoxy) is 2. The number of aliphatic hydroxyl groups excluding tert-OH is 1. The Hall–Kier alpha value is -1.99. The quantitative estimate of drug-likeness (QED) is 0.547. The van der Waals surface area contributed by atoms with Crippen LogP contribution < -0.4 is 0 Å². The Morgan fingerprint density at radius 1 is 1.48 bits per heavy atom. The lowest BCUT2D eigenvalue weighted by Gasteiger charge is -2.39. The van der Waals surface area contributed by atoms with E-state index in [1.165, 1.54) is 19.1 Å². The van der Waals surface area contributed by atoms with Gasteiger partial charge in [0.05, 0.1) is 12.0 Å².